The summed E-state index contributed by atoms with van der Waals surface area (Å²) in [7, 11) is -0.867. The Balaban J connectivity index is 3.27. The lowest BCUT2D eigenvalue weighted by molar-refractivity contribution is 0.183. The lowest BCUT2D eigenvalue weighted by Crippen LogP contribution is -2.17. The molecule has 0 aliphatic rings. The summed E-state index contributed by atoms with van der Waals surface area (Å²) >= 11 is 0. The maximum absolute atomic E-state index is 9.06. The zero-order valence-electron chi connectivity index (χ0n) is 7.57. The zero-order chi connectivity index (χ0) is 9.23. The van der Waals surface area contributed by atoms with Crippen molar-refractivity contribution in [3.8, 4) is 0 Å². The van der Waals surface area contributed by atoms with Crippen molar-refractivity contribution in [3.05, 3.63) is 12.1 Å². The fourth-order valence-electron chi connectivity index (χ4n) is 0.764. The average molecular weight is 172 g/mol. The molecular weight excluding hydrogens is 155 g/mol. The molecule has 0 rings (SSSR count). The van der Waals surface area contributed by atoms with Gasteiger partial charge in [0.2, 0.25) is 0 Å². The van der Waals surface area contributed by atoms with E-state index in [-0.39, 0.29) is 13.2 Å². The summed E-state index contributed by atoms with van der Waals surface area (Å²) in [5, 5.41) is 17.4. The monoisotopic (exact) mass is 172 g/mol. The third-order valence-electron chi connectivity index (χ3n) is 1.40. The molecule has 0 aromatic heterocycles. The van der Waals surface area contributed by atoms with Crippen molar-refractivity contribution < 1.29 is 14.8 Å². The SMILES string of the molecule is CCCCC=CB(O)OCCO. The van der Waals surface area contributed by atoms with E-state index in [0.717, 1.165) is 19.3 Å². The summed E-state index contributed by atoms with van der Waals surface area (Å²) < 4.78 is 4.79. The summed E-state index contributed by atoms with van der Waals surface area (Å²) in [5.41, 5.74) is 0. The van der Waals surface area contributed by atoms with Crippen LogP contribution in [0.3, 0.4) is 0 Å². The lowest BCUT2D eigenvalue weighted by atomic mass is 9.90. The van der Waals surface area contributed by atoms with Gasteiger partial charge in [-0.15, -0.1) is 0 Å². The first kappa shape index (κ1) is 11.7. The van der Waals surface area contributed by atoms with Crippen LogP contribution in [0.15, 0.2) is 12.1 Å². The smallest absolute Gasteiger partial charge is 0.423 e. The van der Waals surface area contributed by atoms with Crippen LogP contribution in [-0.4, -0.2) is 30.5 Å². The van der Waals surface area contributed by atoms with Gasteiger partial charge in [-0.1, -0.05) is 31.8 Å². The fourth-order valence-corrected chi connectivity index (χ4v) is 0.764. The first-order valence-corrected chi connectivity index (χ1v) is 4.38. The second-order valence-corrected chi connectivity index (χ2v) is 2.56. The van der Waals surface area contributed by atoms with Crippen molar-refractivity contribution in [1.29, 1.82) is 0 Å². The Morgan fingerprint density at radius 1 is 1.50 bits per heavy atom. The van der Waals surface area contributed by atoms with Gasteiger partial charge in [0.1, 0.15) is 0 Å². The first-order chi connectivity index (χ1) is 5.81. The molecule has 2 N–H and O–H groups in total. The molecule has 0 aromatic carbocycles. The molecule has 0 bridgehead atoms. The van der Waals surface area contributed by atoms with Crippen molar-refractivity contribution in [2.75, 3.05) is 13.2 Å². The van der Waals surface area contributed by atoms with Gasteiger partial charge >= 0.3 is 7.12 Å². The largest absolute Gasteiger partial charge is 0.483 e. The molecular formula is C8H17BO3. The van der Waals surface area contributed by atoms with Crippen LogP contribution in [0.2, 0.25) is 0 Å². The van der Waals surface area contributed by atoms with Crippen LogP contribution < -0.4 is 0 Å². The van der Waals surface area contributed by atoms with Crippen LogP contribution in [0, 0.1) is 0 Å². The topological polar surface area (TPSA) is 49.7 Å². The quantitative estimate of drug-likeness (QED) is 0.440. The van der Waals surface area contributed by atoms with Crippen molar-refractivity contribution >= 4 is 7.12 Å². The van der Waals surface area contributed by atoms with Gasteiger partial charge in [0.25, 0.3) is 0 Å². The fraction of sp³-hybridized carbons (Fsp3) is 0.750. The minimum atomic E-state index is -0.867. The van der Waals surface area contributed by atoms with Crippen LogP contribution in [0.1, 0.15) is 26.2 Å². The average Bonchev–Trinajstić information content (AvgIpc) is 2.09. The van der Waals surface area contributed by atoms with E-state index in [1.807, 2.05) is 6.08 Å². The molecule has 0 radical (unpaired) electrons. The molecule has 0 aliphatic carbocycles. The standard InChI is InChI=1S/C8H17BO3/c1-2-3-4-5-6-9(11)12-8-7-10/h5-6,10-11H,2-4,7-8H2,1H3. The van der Waals surface area contributed by atoms with Gasteiger partial charge in [-0.25, -0.2) is 0 Å². The van der Waals surface area contributed by atoms with E-state index in [4.69, 9.17) is 14.8 Å². The summed E-state index contributed by atoms with van der Waals surface area (Å²) in [6.07, 6.45) is 5.14. The Labute approximate surface area is 74.2 Å². The zero-order valence-corrected chi connectivity index (χ0v) is 7.57. The van der Waals surface area contributed by atoms with Crippen molar-refractivity contribution in [1.82, 2.24) is 0 Å². The summed E-state index contributed by atoms with van der Waals surface area (Å²) in [4.78, 5) is 0. The van der Waals surface area contributed by atoms with Gasteiger partial charge in [0.05, 0.1) is 13.2 Å². The molecule has 0 saturated carbocycles. The molecule has 0 amide bonds. The number of unbranched alkanes of at least 4 members (excludes halogenated alkanes) is 2. The molecule has 0 unspecified atom stereocenters. The number of hydrogen-bond acceptors (Lipinski definition) is 3. The highest BCUT2D eigenvalue weighted by Crippen LogP contribution is 1.95. The van der Waals surface area contributed by atoms with Gasteiger partial charge in [-0.05, 0) is 6.42 Å². The van der Waals surface area contributed by atoms with Crippen LogP contribution in [0.5, 0.6) is 0 Å². The molecule has 4 heteroatoms. The van der Waals surface area contributed by atoms with E-state index < -0.39 is 7.12 Å². The normalized spacial score (nSPS) is 10.9. The molecule has 0 saturated heterocycles. The van der Waals surface area contributed by atoms with E-state index in [0.29, 0.717) is 0 Å². The predicted molar refractivity (Wildman–Crippen MR) is 49.7 cm³/mol. The highest BCUT2D eigenvalue weighted by Gasteiger charge is 2.05. The van der Waals surface area contributed by atoms with Crippen LogP contribution in [0.25, 0.3) is 0 Å². The van der Waals surface area contributed by atoms with Crippen molar-refractivity contribution in [2.24, 2.45) is 0 Å². The molecule has 3 nitrogen and oxygen atoms in total. The summed E-state index contributed by atoms with van der Waals surface area (Å²) in [5.74, 6) is 1.60. The minimum Gasteiger partial charge on any atom is -0.423 e. The molecule has 70 valence electrons. The highest BCUT2D eigenvalue weighted by atomic mass is 16.5. The number of aliphatic hydroxyl groups excluding tert-OH is 1. The van der Waals surface area contributed by atoms with Gasteiger partial charge < -0.3 is 14.8 Å². The molecule has 0 heterocycles. The number of allylic oxidation sites excluding steroid dienone is 1. The maximum atomic E-state index is 9.06. The van der Waals surface area contributed by atoms with Gasteiger partial charge in [0.15, 0.2) is 0 Å². The van der Waals surface area contributed by atoms with Crippen molar-refractivity contribution in [3.63, 3.8) is 0 Å². The Morgan fingerprint density at radius 2 is 2.25 bits per heavy atom. The predicted octanol–water partition coefficient (Wildman–Crippen LogP) is 0.761. The van der Waals surface area contributed by atoms with Gasteiger partial charge in [-0.3, -0.25) is 0 Å². The van der Waals surface area contributed by atoms with E-state index in [1.165, 1.54) is 0 Å². The van der Waals surface area contributed by atoms with E-state index in [9.17, 15) is 0 Å². The second-order valence-electron chi connectivity index (χ2n) is 2.56. The molecule has 0 aliphatic heterocycles. The summed E-state index contributed by atoms with van der Waals surface area (Å²) in [6.45, 7) is 2.24. The minimum absolute atomic E-state index is 0.0557. The van der Waals surface area contributed by atoms with E-state index >= 15 is 0 Å². The first-order valence-electron chi connectivity index (χ1n) is 4.38. The Morgan fingerprint density at radius 3 is 2.83 bits per heavy atom. The van der Waals surface area contributed by atoms with Gasteiger partial charge in [-0.2, -0.15) is 0 Å². The Hall–Kier alpha value is -0.315. The number of hydrogen-bond donors (Lipinski definition) is 2. The van der Waals surface area contributed by atoms with Gasteiger partial charge in [0, 0.05) is 0 Å². The van der Waals surface area contributed by atoms with Crippen LogP contribution in [0.4, 0.5) is 0 Å². The van der Waals surface area contributed by atoms with E-state index in [2.05, 4.69) is 6.92 Å². The highest BCUT2D eigenvalue weighted by molar-refractivity contribution is 6.49. The number of aliphatic hydroxyl groups is 1. The molecule has 12 heavy (non-hydrogen) atoms. The van der Waals surface area contributed by atoms with Crippen LogP contribution in [-0.2, 0) is 4.65 Å². The van der Waals surface area contributed by atoms with Crippen molar-refractivity contribution in [2.45, 2.75) is 26.2 Å². The number of rotatable bonds is 7. The van der Waals surface area contributed by atoms with Crippen LogP contribution >= 0.6 is 0 Å². The summed E-state index contributed by atoms with van der Waals surface area (Å²) in [6, 6.07) is 0. The second kappa shape index (κ2) is 8.78. The Kier molecular flexibility index (Phi) is 8.55. The third-order valence-corrected chi connectivity index (χ3v) is 1.40. The molecule has 0 fully saturated rings. The molecule has 0 aromatic rings. The maximum Gasteiger partial charge on any atom is 0.483 e. The molecule has 0 atom stereocenters. The third kappa shape index (κ3) is 7.79. The Bertz CT molecular complexity index is 117. The molecule has 0 spiro atoms. The van der Waals surface area contributed by atoms with E-state index in [1.54, 1.807) is 5.98 Å². The lowest BCUT2D eigenvalue weighted by Gasteiger charge is -2.00.